The van der Waals surface area contributed by atoms with Gasteiger partial charge in [-0.2, -0.15) is 0 Å². The molecule has 154 valence electrons. The van der Waals surface area contributed by atoms with Crippen LogP contribution in [0.25, 0.3) is 11.6 Å². The Morgan fingerprint density at radius 3 is 2.50 bits per heavy atom. The first-order valence-corrected chi connectivity index (χ1v) is 10.3. The van der Waals surface area contributed by atoms with E-state index in [2.05, 4.69) is 56.1 Å². The van der Waals surface area contributed by atoms with Crippen molar-refractivity contribution < 1.29 is 9.59 Å². The van der Waals surface area contributed by atoms with E-state index in [1.807, 2.05) is 36.4 Å². The number of benzene rings is 2. The zero-order chi connectivity index (χ0) is 21.5. The van der Waals surface area contributed by atoms with Crippen molar-refractivity contribution in [3.05, 3.63) is 77.0 Å². The molecule has 2 aliphatic heterocycles. The summed E-state index contributed by atoms with van der Waals surface area (Å²) in [5, 5.41) is 2.72. The summed E-state index contributed by atoms with van der Waals surface area (Å²) in [7, 11) is 0. The molecular weight excluding hydrogens is 374 g/mol. The third-order valence-corrected chi connectivity index (χ3v) is 5.77. The number of nitrogens with one attached hydrogen (secondary N) is 1. The molecule has 4 rings (SSSR count). The predicted molar refractivity (Wildman–Crippen MR) is 121 cm³/mol. The number of likely N-dealkylation sites (N-methyl/N-ethyl adjacent to an activating group) is 1. The fraction of sp³-hybridized carbons (Fsp3) is 0.280. The standard InChI is InChI=1S/C25H27N3O2/c1-5-28-22-12-11-19(13-20(22)17(2)15-25(28,3)4)14-21-23(29)27(24(30)26-21)16-18-9-7-6-8-10-18/h6-15H,5,16H2,1-4H3,(H,26,30)/b21-14-. The molecule has 0 saturated carbocycles. The highest BCUT2D eigenvalue weighted by Crippen LogP contribution is 2.39. The molecule has 2 aromatic rings. The predicted octanol–water partition coefficient (Wildman–Crippen LogP) is 4.80. The normalized spacial score (nSPS) is 19.1. The summed E-state index contributed by atoms with van der Waals surface area (Å²) < 4.78 is 0. The monoisotopic (exact) mass is 401 g/mol. The Morgan fingerprint density at radius 2 is 1.80 bits per heavy atom. The number of anilines is 1. The van der Waals surface area contributed by atoms with Crippen molar-refractivity contribution in [3.63, 3.8) is 0 Å². The van der Waals surface area contributed by atoms with Gasteiger partial charge in [0.05, 0.1) is 12.1 Å². The minimum absolute atomic E-state index is 0.0425. The first kappa shape index (κ1) is 20.0. The number of carbonyl (C=O) groups is 2. The van der Waals surface area contributed by atoms with Crippen LogP contribution in [-0.2, 0) is 11.3 Å². The van der Waals surface area contributed by atoms with E-state index in [-0.39, 0.29) is 24.0 Å². The molecule has 1 N–H and O–H groups in total. The number of allylic oxidation sites excluding steroid dienone is 1. The molecule has 0 atom stereocenters. The minimum atomic E-state index is -0.386. The molecule has 30 heavy (non-hydrogen) atoms. The third-order valence-electron chi connectivity index (χ3n) is 5.77. The first-order chi connectivity index (χ1) is 14.3. The summed E-state index contributed by atoms with van der Waals surface area (Å²) in [5.41, 5.74) is 5.63. The second-order valence-corrected chi connectivity index (χ2v) is 8.37. The van der Waals surface area contributed by atoms with E-state index in [9.17, 15) is 9.59 Å². The summed E-state index contributed by atoms with van der Waals surface area (Å²) in [6.07, 6.45) is 4.04. The third kappa shape index (κ3) is 3.52. The summed E-state index contributed by atoms with van der Waals surface area (Å²) in [6, 6.07) is 15.3. The van der Waals surface area contributed by atoms with Crippen molar-refractivity contribution in [3.8, 4) is 0 Å². The van der Waals surface area contributed by atoms with E-state index >= 15 is 0 Å². The lowest BCUT2D eigenvalue weighted by molar-refractivity contribution is -0.123. The Morgan fingerprint density at radius 1 is 1.07 bits per heavy atom. The lowest BCUT2D eigenvalue weighted by Gasteiger charge is -2.42. The Kier molecular flexibility index (Phi) is 4.98. The van der Waals surface area contributed by atoms with Gasteiger partial charge in [-0.3, -0.25) is 9.69 Å². The van der Waals surface area contributed by atoms with Crippen LogP contribution >= 0.6 is 0 Å². The minimum Gasteiger partial charge on any atom is -0.363 e. The average molecular weight is 402 g/mol. The molecule has 3 amide bonds. The summed E-state index contributed by atoms with van der Waals surface area (Å²) in [4.78, 5) is 28.8. The van der Waals surface area contributed by atoms with E-state index in [1.165, 1.54) is 16.2 Å². The fourth-order valence-corrected chi connectivity index (χ4v) is 4.42. The van der Waals surface area contributed by atoms with Gasteiger partial charge in [-0.25, -0.2) is 4.79 Å². The molecule has 0 aliphatic carbocycles. The molecule has 0 spiro atoms. The van der Waals surface area contributed by atoms with Crippen LogP contribution < -0.4 is 10.2 Å². The average Bonchev–Trinajstić information content (AvgIpc) is 2.96. The number of urea groups is 1. The van der Waals surface area contributed by atoms with Crippen molar-refractivity contribution in [2.45, 2.75) is 39.8 Å². The molecule has 5 nitrogen and oxygen atoms in total. The summed E-state index contributed by atoms with van der Waals surface area (Å²) in [6.45, 7) is 9.88. The van der Waals surface area contributed by atoms with Gasteiger partial charge in [0, 0.05) is 17.8 Å². The van der Waals surface area contributed by atoms with E-state index in [0.717, 1.165) is 23.2 Å². The van der Waals surface area contributed by atoms with Crippen molar-refractivity contribution in [1.82, 2.24) is 10.2 Å². The van der Waals surface area contributed by atoms with Gasteiger partial charge in [0.1, 0.15) is 5.70 Å². The van der Waals surface area contributed by atoms with Crippen LogP contribution in [0.5, 0.6) is 0 Å². The topological polar surface area (TPSA) is 52.7 Å². The van der Waals surface area contributed by atoms with E-state index in [1.54, 1.807) is 6.08 Å². The maximum Gasteiger partial charge on any atom is 0.329 e. The van der Waals surface area contributed by atoms with E-state index < -0.39 is 0 Å². The molecule has 1 fully saturated rings. The smallest absolute Gasteiger partial charge is 0.329 e. The number of carbonyl (C=O) groups excluding carboxylic acids is 2. The van der Waals surface area contributed by atoms with Gasteiger partial charge in [0.15, 0.2) is 0 Å². The molecule has 2 aromatic carbocycles. The quantitative estimate of drug-likeness (QED) is 0.591. The second kappa shape index (κ2) is 7.48. The molecule has 0 bridgehead atoms. The van der Waals surface area contributed by atoms with Crippen LogP contribution in [0.1, 0.15) is 44.4 Å². The molecule has 0 aromatic heterocycles. The van der Waals surface area contributed by atoms with E-state index in [0.29, 0.717) is 5.70 Å². The zero-order valence-electron chi connectivity index (χ0n) is 17.9. The summed E-state index contributed by atoms with van der Waals surface area (Å²) in [5.74, 6) is -0.301. The Hall–Kier alpha value is -3.34. The van der Waals surface area contributed by atoms with Crippen molar-refractivity contribution >= 4 is 29.3 Å². The van der Waals surface area contributed by atoms with Crippen LogP contribution in [0.4, 0.5) is 10.5 Å². The molecule has 2 heterocycles. The lowest BCUT2D eigenvalue weighted by atomic mass is 9.88. The van der Waals surface area contributed by atoms with Gasteiger partial charge >= 0.3 is 6.03 Å². The van der Waals surface area contributed by atoms with Crippen LogP contribution in [0.3, 0.4) is 0 Å². The van der Waals surface area contributed by atoms with Gasteiger partial charge < -0.3 is 10.2 Å². The Balaban J connectivity index is 1.62. The lowest BCUT2D eigenvalue weighted by Crippen LogP contribution is -2.44. The summed E-state index contributed by atoms with van der Waals surface area (Å²) >= 11 is 0. The largest absolute Gasteiger partial charge is 0.363 e. The van der Waals surface area contributed by atoms with Gasteiger partial charge in [-0.15, -0.1) is 0 Å². The molecule has 1 saturated heterocycles. The fourth-order valence-electron chi connectivity index (χ4n) is 4.42. The first-order valence-electron chi connectivity index (χ1n) is 10.3. The SMILES string of the molecule is CCN1c2ccc(/C=C3\NC(=O)N(Cc4ccccc4)C3=O)cc2C(C)=CC1(C)C. The van der Waals surface area contributed by atoms with Crippen LogP contribution in [0.15, 0.2) is 60.3 Å². The number of nitrogens with zero attached hydrogens (tertiary/aromatic N) is 2. The highest BCUT2D eigenvalue weighted by Gasteiger charge is 2.34. The maximum atomic E-state index is 12.8. The van der Waals surface area contributed by atoms with Crippen LogP contribution in [-0.4, -0.2) is 28.9 Å². The van der Waals surface area contributed by atoms with E-state index in [4.69, 9.17) is 0 Å². The van der Waals surface area contributed by atoms with Crippen LogP contribution in [0.2, 0.25) is 0 Å². The Bertz CT molecular complexity index is 1070. The number of hydrogen-bond acceptors (Lipinski definition) is 3. The highest BCUT2D eigenvalue weighted by atomic mass is 16.2. The molecular formula is C25H27N3O2. The Labute approximate surface area is 177 Å². The van der Waals surface area contributed by atoms with Crippen molar-refractivity contribution in [2.24, 2.45) is 0 Å². The maximum absolute atomic E-state index is 12.8. The van der Waals surface area contributed by atoms with Crippen LogP contribution in [0, 0.1) is 0 Å². The molecule has 2 aliphatic rings. The second-order valence-electron chi connectivity index (χ2n) is 8.37. The number of hydrogen-bond donors (Lipinski definition) is 1. The molecule has 5 heteroatoms. The van der Waals surface area contributed by atoms with Gasteiger partial charge in [0.25, 0.3) is 5.91 Å². The molecule has 0 unspecified atom stereocenters. The van der Waals surface area contributed by atoms with Gasteiger partial charge in [-0.05, 0) is 62.6 Å². The highest BCUT2D eigenvalue weighted by molar-refractivity contribution is 6.14. The number of rotatable bonds is 4. The number of fused-ring (bicyclic) bond motifs is 1. The number of imide groups is 1. The van der Waals surface area contributed by atoms with Gasteiger partial charge in [0.2, 0.25) is 0 Å². The molecule has 0 radical (unpaired) electrons. The van der Waals surface area contributed by atoms with Gasteiger partial charge in [-0.1, -0.05) is 42.5 Å². The number of amides is 3. The van der Waals surface area contributed by atoms with Crippen molar-refractivity contribution in [2.75, 3.05) is 11.4 Å². The zero-order valence-corrected chi connectivity index (χ0v) is 17.9. The van der Waals surface area contributed by atoms with Crippen molar-refractivity contribution in [1.29, 1.82) is 0 Å².